The molecule has 1 N–H and O–H groups in total. The van der Waals surface area contributed by atoms with E-state index in [9.17, 15) is 9.59 Å². The Kier molecular flexibility index (Phi) is 5.67. The number of hydrogen-bond acceptors (Lipinski definition) is 4. The predicted molar refractivity (Wildman–Crippen MR) is 132 cm³/mol. The first-order valence-corrected chi connectivity index (χ1v) is 10.6. The van der Waals surface area contributed by atoms with Crippen LogP contribution in [0.3, 0.4) is 0 Å². The van der Waals surface area contributed by atoms with E-state index < -0.39 is 11.8 Å². The second kappa shape index (κ2) is 8.43. The zero-order valence-corrected chi connectivity index (χ0v) is 19.2. The number of benzene rings is 2. The minimum absolute atomic E-state index is 0.0310. The number of carbonyl (C=O) groups excluding carboxylic acids is 2. The van der Waals surface area contributed by atoms with E-state index in [2.05, 4.69) is 5.32 Å². The van der Waals surface area contributed by atoms with Gasteiger partial charge in [-0.1, -0.05) is 17.7 Å². The van der Waals surface area contributed by atoms with E-state index in [1.807, 2.05) is 98.2 Å². The smallest absolute Gasteiger partial charge is 0.270 e. The van der Waals surface area contributed by atoms with Gasteiger partial charge in [-0.25, -0.2) is 0 Å². The molecule has 162 valence electrons. The number of aryl methyl sites for hydroxylation is 2. The third-order valence-electron chi connectivity index (χ3n) is 5.41. The van der Waals surface area contributed by atoms with Gasteiger partial charge in [-0.15, -0.1) is 0 Å². The number of nitrogens with zero attached hydrogens (tertiary/aromatic N) is 3. The third kappa shape index (κ3) is 3.94. The van der Waals surface area contributed by atoms with Crippen molar-refractivity contribution in [1.82, 2.24) is 9.88 Å². The van der Waals surface area contributed by atoms with Crippen molar-refractivity contribution in [2.75, 3.05) is 23.9 Å². The maximum atomic E-state index is 13.4. The molecule has 0 bridgehead atoms. The van der Waals surface area contributed by atoms with Crippen molar-refractivity contribution >= 4 is 46.6 Å². The molecule has 2 amide bonds. The average Bonchev–Trinajstić information content (AvgIpc) is 3.21. The molecule has 0 unspecified atom stereocenters. The van der Waals surface area contributed by atoms with Gasteiger partial charge >= 0.3 is 0 Å². The fourth-order valence-electron chi connectivity index (χ4n) is 3.74. The molecule has 0 aliphatic carbocycles. The predicted octanol–water partition coefficient (Wildman–Crippen LogP) is 3.99. The van der Waals surface area contributed by atoms with Gasteiger partial charge < -0.3 is 9.47 Å². The van der Waals surface area contributed by atoms with Crippen LogP contribution < -0.4 is 15.1 Å². The van der Waals surface area contributed by atoms with Gasteiger partial charge in [0.2, 0.25) is 0 Å². The number of thiocarbonyl (C=S) groups is 1. The Labute approximate surface area is 192 Å². The van der Waals surface area contributed by atoms with E-state index in [1.165, 1.54) is 4.90 Å². The molecule has 1 fully saturated rings. The zero-order chi connectivity index (χ0) is 23.0. The summed E-state index contributed by atoms with van der Waals surface area (Å²) in [5.74, 6) is -0.946. The lowest BCUT2D eigenvalue weighted by Gasteiger charge is -2.30. The van der Waals surface area contributed by atoms with Crippen molar-refractivity contribution in [2.24, 2.45) is 0 Å². The van der Waals surface area contributed by atoms with Crippen LogP contribution >= 0.6 is 12.2 Å². The van der Waals surface area contributed by atoms with E-state index in [4.69, 9.17) is 12.2 Å². The zero-order valence-electron chi connectivity index (χ0n) is 18.4. The third-order valence-corrected chi connectivity index (χ3v) is 5.70. The first kappa shape index (κ1) is 21.5. The molecule has 7 heteroatoms. The van der Waals surface area contributed by atoms with E-state index in [0.29, 0.717) is 5.69 Å². The summed E-state index contributed by atoms with van der Waals surface area (Å²) in [5.41, 5.74) is 5.40. The first-order valence-electron chi connectivity index (χ1n) is 10.2. The monoisotopic (exact) mass is 444 g/mol. The summed E-state index contributed by atoms with van der Waals surface area (Å²) < 4.78 is 1.93. The Morgan fingerprint density at radius 2 is 1.72 bits per heavy atom. The molecule has 2 aromatic carbocycles. The van der Waals surface area contributed by atoms with Gasteiger partial charge in [0.05, 0.1) is 5.69 Å². The Morgan fingerprint density at radius 1 is 1.00 bits per heavy atom. The highest BCUT2D eigenvalue weighted by Crippen LogP contribution is 2.27. The number of rotatable bonds is 4. The highest BCUT2D eigenvalue weighted by Gasteiger charge is 2.35. The Balaban J connectivity index is 1.73. The van der Waals surface area contributed by atoms with Gasteiger partial charge in [-0.2, -0.15) is 0 Å². The standard InChI is InChI=1S/C25H24N4O2S/c1-16-7-12-22(17(2)14-16)29-24(31)21(23(30)26-25(29)32)15-20-6-5-13-28(20)19-10-8-18(9-11-19)27(3)4/h5-15H,1-4H3,(H,26,30,32)/b21-15+. The van der Waals surface area contributed by atoms with Crippen LogP contribution in [-0.4, -0.2) is 35.6 Å². The largest absolute Gasteiger partial charge is 0.378 e. The minimum atomic E-state index is -0.503. The molecule has 3 aromatic rings. The topological polar surface area (TPSA) is 57.6 Å². The maximum absolute atomic E-state index is 13.4. The molecule has 6 nitrogen and oxygen atoms in total. The van der Waals surface area contributed by atoms with Gasteiger partial charge in [0, 0.05) is 37.4 Å². The van der Waals surface area contributed by atoms with Crippen LogP contribution in [0.15, 0.2) is 66.4 Å². The fraction of sp³-hybridized carbons (Fsp3) is 0.160. The molecule has 0 spiro atoms. The molecular weight excluding hydrogens is 420 g/mol. The van der Waals surface area contributed by atoms with E-state index >= 15 is 0 Å². The lowest BCUT2D eigenvalue weighted by atomic mass is 10.1. The molecule has 1 aliphatic heterocycles. The molecule has 1 aromatic heterocycles. The average molecular weight is 445 g/mol. The van der Waals surface area contributed by atoms with Gasteiger partial charge in [-0.05, 0) is 80.2 Å². The van der Waals surface area contributed by atoms with Crippen LogP contribution in [-0.2, 0) is 9.59 Å². The second-order valence-corrected chi connectivity index (χ2v) is 8.35. The highest BCUT2D eigenvalue weighted by atomic mass is 32.1. The lowest BCUT2D eigenvalue weighted by Crippen LogP contribution is -2.54. The van der Waals surface area contributed by atoms with Crippen molar-refractivity contribution in [3.63, 3.8) is 0 Å². The van der Waals surface area contributed by atoms with E-state index in [0.717, 1.165) is 28.2 Å². The van der Waals surface area contributed by atoms with Crippen LogP contribution in [0.25, 0.3) is 11.8 Å². The number of anilines is 2. The second-order valence-electron chi connectivity index (χ2n) is 7.96. The summed E-state index contributed by atoms with van der Waals surface area (Å²) in [4.78, 5) is 29.5. The van der Waals surface area contributed by atoms with Gasteiger partial charge in [0.1, 0.15) is 5.57 Å². The van der Waals surface area contributed by atoms with Crippen LogP contribution in [0.2, 0.25) is 0 Å². The molecule has 0 saturated carbocycles. The summed E-state index contributed by atoms with van der Waals surface area (Å²) in [6, 6.07) is 17.5. The van der Waals surface area contributed by atoms with E-state index in [-0.39, 0.29) is 10.7 Å². The Hall–Kier alpha value is -3.71. The molecular formula is C25H24N4O2S. The van der Waals surface area contributed by atoms with Crippen molar-refractivity contribution in [3.05, 3.63) is 83.2 Å². The lowest BCUT2D eigenvalue weighted by molar-refractivity contribution is -0.122. The molecule has 0 atom stereocenters. The van der Waals surface area contributed by atoms with Gasteiger partial charge in [0.15, 0.2) is 5.11 Å². The summed E-state index contributed by atoms with van der Waals surface area (Å²) >= 11 is 5.33. The van der Waals surface area contributed by atoms with E-state index in [1.54, 1.807) is 6.08 Å². The van der Waals surface area contributed by atoms with Crippen LogP contribution in [0.5, 0.6) is 0 Å². The number of carbonyl (C=O) groups is 2. The molecule has 1 saturated heterocycles. The van der Waals surface area contributed by atoms with Crippen LogP contribution in [0, 0.1) is 13.8 Å². The van der Waals surface area contributed by atoms with Gasteiger partial charge in [0.25, 0.3) is 11.8 Å². The summed E-state index contributed by atoms with van der Waals surface area (Å²) in [5, 5.41) is 2.74. The SMILES string of the molecule is Cc1ccc(N2C(=O)/C(=C/c3cccn3-c3ccc(N(C)C)cc3)C(=O)NC2=S)c(C)c1. The quantitative estimate of drug-likeness (QED) is 0.376. The van der Waals surface area contributed by atoms with Crippen LogP contribution in [0.1, 0.15) is 16.8 Å². The molecule has 1 aliphatic rings. The summed E-state index contributed by atoms with van der Waals surface area (Å²) in [6.45, 7) is 3.90. The Bertz CT molecular complexity index is 1260. The van der Waals surface area contributed by atoms with Crippen molar-refractivity contribution in [3.8, 4) is 5.69 Å². The normalized spacial score (nSPS) is 15.3. The minimum Gasteiger partial charge on any atom is -0.378 e. The number of hydrogen-bond donors (Lipinski definition) is 1. The number of amides is 2. The number of nitrogens with one attached hydrogen (secondary N) is 1. The molecule has 4 rings (SSSR count). The molecule has 32 heavy (non-hydrogen) atoms. The van der Waals surface area contributed by atoms with Gasteiger partial charge in [-0.3, -0.25) is 19.8 Å². The highest BCUT2D eigenvalue weighted by molar-refractivity contribution is 7.80. The van der Waals surface area contributed by atoms with Crippen molar-refractivity contribution in [2.45, 2.75) is 13.8 Å². The number of aromatic nitrogens is 1. The van der Waals surface area contributed by atoms with Crippen molar-refractivity contribution in [1.29, 1.82) is 0 Å². The molecule has 0 radical (unpaired) electrons. The first-order chi connectivity index (χ1) is 15.3. The maximum Gasteiger partial charge on any atom is 0.270 e. The summed E-state index contributed by atoms with van der Waals surface area (Å²) in [7, 11) is 3.97. The Morgan fingerprint density at radius 3 is 2.38 bits per heavy atom. The van der Waals surface area contributed by atoms with Crippen LogP contribution in [0.4, 0.5) is 11.4 Å². The fourth-order valence-corrected chi connectivity index (χ4v) is 4.01. The summed E-state index contributed by atoms with van der Waals surface area (Å²) in [6.07, 6.45) is 3.50. The van der Waals surface area contributed by atoms with Crippen molar-refractivity contribution < 1.29 is 9.59 Å². The molecule has 2 heterocycles.